The normalized spacial score (nSPS) is 17.1. The topological polar surface area (TPSA) is 52.2 Å². The number of rotatable bonds is 6. The SMILES string of the molecule is CN(Cc1ccccc1)C(=O)c1cn[nH]c1C1CCCN(Cc2cccc(Cl)c2)C1. The fourth-order valence-electron chi connectivity index (χ4n) is 4.24. The van der Waals surface area contributed by atoms with E-state index in [9.17, 15) is 4.79 Å². The molecule has 0 aliphatic carbocycles. The first-order valence-electron chi connectivity index (χ1n) is 10.4. The van der Waals surface area contributed by atoms with Gasteiger partial charge in [0.2, 0.25) is 0 Å². The van der Waals surface area contributed by atoms with Gasteiger partial charge in [-0.1, -0.05) is 54.1 Å². The summed E-state index contributed by atoms with van der Waals surface area (Å²) in [4.78, 5) is 17.3. The van der Waals surface area contributed by atoms with Gasteiger partial charge < -0.3 is 4.90 Å². The van der Waals surface area contributed by atoms with Crippen LogP contribution in [0.25, 0.3) is 0 Å². The first-order chi connectivity index (χ1) is 14.6. The van der Waals surface area contributed by atoms with Crippen molar-refractivity contribution in [2.45, 2.75) is 31.8 Å². The van der Waals surface area contributed by atoms with Crippen molar-refractivity contribution in [2.24, 2.45) is 0 Å². The van der Waals surface area contributed by atoms with E-state index < -0.39 is 0 Å². The Bertz CT molecular complexity index is 988. The van der Waals surface area contributed by atoms with Crippen molar-refractivity contribution < 1.29 is 4.79 Å². The molecule has 1 N–H and O–H groups in total. The molecule has 1 fully saturated rings. The van der Waals surface area contributed by atoms with Crippen LogP contribution < -0.4 is 0 Å². The molecule has 1 aliphatic heterocycles. The molecule has 1 unspecified atom stereocenters. The molecule has 30 heavy (non-hydrogen) atoms. The van der Waals surface area contributed by atoms with Crippen LogP contribution in [0.1, 0.15) is 45.9 Å². The van der Waals surface area contributed by atoms with E-state index >= 15 is 0 Å². The maximum Gasteiger partial charge on any atom is 0.257 e. The fraction of sp³-hybridized carbons (Fsp3) is 0.333. The average molecular weight is 423 g/mol. The number of hydrogen-bond donors (Lipinski definition) is 1. The molecule has 4 rings (SSSR count). The highest BCUT2D eigenvalue weighted by Gasteiger charge is 2.28. The van der Waals surface area contributed by atoms with Gasteiger partial charge in [0, 0.05) is 37.6 Å². The lowest BCUT2D eigenvalue weighted by Crippen LogP contribution is -2.35. The molecule has 6 heteroatoms. The number of benzene rings is 2. The zero-order valence-corrected chi connectivity index (χ0v) is 18.0. The molecule has 156 valence electrons. The standard InChI is InChI=1S/C24H27ClN4O/c1-28(15-18-7-3-2-4-8-18)24(30)22-14-26-27-23(22)20-10-6-12-29(17-20)16-19-9-5-11-21(25)13-19/h2-5,7-9,11,13-14,20H,6,10,12,15-17H2,1H3,(H,26,27). The quantitative estimate of drug-likeness (QED) is 0.625. The summed E-state index contributed by atoms with van der Waals surface area (Å²) in [6.45, 7) is 3.39. The van der Waals surface area contributed by atoms with Gasteiger partial charge in [-0.3, -0.25) is 14.8 Å². The Labute approximate surface area is 182 Å². The minimum absolute atomic E-state index is 0.00886. The second kappa shape index (κ2) is 9.45. The third kappa shape index (κ3) is 4.91. The van der Waals surface area contributed by atoms with Crippen LogP contribution in [0, 0.1) is 0 Å². The van der Waals surface area contributed by atoms with Gasteiger partial charge in [0.05, 0.1) is 17.5 Å². The number of halogens is 1. The molecule has 0 bridgehead atoms. The second-order valence-electron chi connectivity index (χ2n) is 8.05. The predicted molar refractivity (Wildman–Crippen MR) is 120 cm³/mol. The van der Waals surface area contributed by atoms with E-state index in [1.54, 1.807) is 11.1 Å². The average Bonchev–Trinajstić information content (AvgIpc) is 3.24. The van der Waals surface area contributed by atoms with E-state index in [-0.39, 0.29) is 11.8 Å². The lowest BCUT2D eigenvalue weighted by Gasteiger charge is -2.32. The molecule has 0 saturated carbocycles. The van der Waals surface area contributed by atoms with Gasteiger partial charge >= 0.3 is 0 Å². The van der Waals surface area contributed by atoms with E-state index in [1.165, 1.54) is 5.56 Å². The highest BCUT2D eigenvalue weighted by atomic mass is 35.5. The van der Waals surface area contributed by atoms with Gasteiger partial charge in [-0.2, -0.15) is 5.10 Å². The van der Waals surface area contributed by atoms with Crippen LogP contribution in [0.2, 0.25) is 5.02 Å². The Balaban J connectivity index is 1.44. The van der Waals surface area contributed by atoms with Gasteiger partial charge in [0.25, 0.3) is 5.91 Å². The molecule has 1 saturated heterocycles. The maximum atomic E-state index is 13.1. The summed E-state index contributed by atoms with van der Waals surface area (Å²) in [7, 11) is 1.85. The van der Waals surface area contributed by atoms with Gasteiger partial charge in [-0.15, -0.1) is 0 Å². The van der Waals surface area contributed by atoms with Gasteiger partial charge in [0.15, 0.2) is 0 Å². The Morgan fingerprint density at radius 2 is 2.00 bits per heavy atom. The van der Waals surface area contributed by atoms with Crippen molar-refractivity contribution in [3.8, 4) is 0 Å². The zero-order valence-electron chi connectivity index (χ0n) is 17.2. The molecular formula is C24H27ClN4O. The Morgan fingerprint density at radius 3 is 2.80 bits per heavy atom. The zero-order chi connectivity index (χ0) is 20.9. The van der Waals surface area contributed by atoms with Crippen molar-refractivity contribution in [1.82, 2.24) is 20.0 Å². The molecule has 2 heterocycles. The number of piperidine rings is 1. The summed E-state index contributed by atoms with van der Waals surface area (Å²) in [5.41, 5.74) is 3.97. The molecule has 3 aromatic rings. The fourth-order valence-corrected chi connectivity index (χ4v) is 4.45. The third-order valence-electron chi connectivity index (χ3n) is 5.72. The molecule has 0 spiro atoms. The first kappa shape index (κ1) is 20.6. The van der Waals surface area contributed by atoms with E-state index in [4.69, 9.17) is 11.6 Å². The Hall–Kier alpha value is -2.63. The number of hydrogen-bond acceptors (Lipinski definition) is 3. The summed E-state index contributed by atoms with van der Waals surface area (Å²) in [5.74, 6) is 0.277. The predicted octanol–water partition coefficient (Wildman–Crippen LogP) is 4.71. The largest absolute Gasteiger partial charge is 0.337 e. The minimum Gasteiger partial charge on any atom is -0.337 e. The van der Waals surface area contributed by atoms with E-state index in [0.29, 0.717) is 12.1 Å². The molecular weight excluding hydrogens is 396 g/mol. The second-order valence-corrected chi connectivity index (χ2v) is 8.48. The first-order valence-corrected chi connectivity index (χ1v) is 10.8. The summed E-state index contributed by atoms with van der Waals surface area (Å²) in [6.07, 6.45) is 3.82. The number of nitrogens with zero attached hydrogens (tertiary/aromatic N) is 3. The highest BCUT2D eigenvalue weighted by molar-refractivity contribution is 6.30. The van der Waals surface area contributed by atoms with Crippen LogP contribution in [-0.4, -0.2) is 46.0 Å². The number of nitrogens with one attached hydrogen (secondary N) is 1. The number of amides is 1. The van der Waals surface area contributed by atoms with Crippen LogP contribution in [0.15, 0.2) is 60.8 Å². The van der Waals surface area contributed by atoms with Crippen LogP contribution >= 0.6 is 11.6 Å². The summed E-state index contributed by atoms with van der Waals surface area (Å²) >= 11 is 6.14. The molecule has 5 nitrogen and oxygen atoms in total. The van der Waals surface area contributed by atoms with E-state index in [1.807, 2.05) is 55.6 Å². The Morgan fingerprint density at radius 1 is 1.20 bits per heavy atom. The smallest absolute Gasteiger partial charge is 0.257 e. The number of carbonyl (C=O) groups is 1. The summed E-state index contributed by atoms with van der Waals surface area (Å²) in [5, 5.41) is 8.11. The monoisotopic (exact) mass is 422 g/mol. The van der Waals surface area contributed by atoms with Crippen LogP contribution in [0.5, 0.6) is 0 Å². The molecule has 0 radical (unpaired) electrons. The maximum absolute atomic E-state index is 13.1. The third-order valence-corrected chi connectivity index (χ3v) is 5.95. The van der Waals surface area contributed by atoms with E-state index in [0.717, 1.165) is 48.8 Å². The van der Waals surface area contributed by atoms with Crippen LogP contribution in [-0.2, 0) is 13.1 Å². The number of likely N-dealkylation sites (tertiary alicyclic amines) is 1. The van der Waals surface area contributed by atoms with Crippen molar-refractivity contribution >= 4 is 17.5 Å². The minimum atomic E-state index is 0.00886. The van der Waals surface area contributed by atoms with Crippen LogP contribution in [0.3, 0.4) is 0 Å². The van der Waals surface area contributed by atoms with Gasteiger partial charge in [-0.05, 0) is 42.6 Å². The Kier molecular flexibility index (Phi) is 6.50. The lowest BCUT2D eigenvalue weighted by atomic mass is 9.92. The summed E-state index contributed by atoms with van der Waals surface area (Å²) < 4.78 is 0. The molecule has 1 aromatic heterocycles. The molecule has 1 aliphatic rings. The number of aromatic amines is 1. The van der Waals surface area contributed by atoms with Crippen molar-refractivity contribution in [3.05, 3.63) is 88.2 Å². The van der Waals surface area contributed by atoms with Crippen LogP contribution in [0.4, 0.5) is 0 Å². The van der Waals surface area contributed by atoms with Crippen molar-refractivity contribution in [1.29, 1.82) is 0 Å². The number of aromatic nitrogens is 2. The van der Waals surface area contributed by atoms with Crippen molar-refractivity contribution in [2.75, 3.05) is 20.1 Å². The molecule has 1 amide bonds. The van der Waals surface area contributed by atoms with Gasteiger partial charge in [-0.25, -0.2) is 0 Å². The van der Waals surface area contributed by atoms with Gasteiger partial charge in [0.1, 0.15) is 0 Å². The summed E-state index contributed by atoms with van der Waals surface area (Å²) in [6, 6.07) is 18.1. The lowest BCUT2D eigenvalue weighted by molar-refractivity contribution is 0.0782. The van der Waals surface area contributed by atoms with Crippen molar-refractivity contribution in [3.63, 3.8) is 0 Å². The van der Waals surface area contributed by atoms with E-state index in [2.05, 4.69) is 21.2 Å². The molecule has 2 aromatic carbocycles. The number of H-pyrrole nitrogens is 1. The molecule has 1 atom stereocenters. The highest BCUT2D eigenvalue weighted by Crippen LogP contribution is 2.29. The number of carbonyl (C=O) groups excluding carboxylic acids is 1.